The van der Waals surface area contributed by atoms with Gasteiger partial charge in [-0.15, -0.1) is 11.3 Å². The third-order valence-corrected chi connectivity index (χ3v) is 3.36. The highest BCUT2D eigenvalue weighted by atomic mass is 32.1. The van der Waals surface area contributed by atoms with Crippen LogP contribution < -0.4 is 0 Å². The first-order valence-electron chi connectivity index (χ1n) is 5.19. The van der Waals surface area contributed by atoms with Crippen LogP contribution in [0.2, 0.25) is 0 Å². The Morgan fingerprint density at radius 3 is 2.88 bits per heavy atom. The molecule has 2 heterocycles. The van der Waals surface area contributed by atoms with Gasteiger partial charge in [-0.3, -0.25) is 4.79 Å². The van der Waals surface area contributed by atoms with Gasteiger partial charge >= 0.3 is 0 Å². The Morgan fingerprint density at radius 2 is 2.18 bits per heavy atom. The third-order valence-electron chi connectivity index (χ3n) is 2.50. The van der Waals surface area contributed by atoms with Crippen molar-refractivity contribution in [1.29, 1.82) is 0 Å². The summed E-state index contributed by atoms with van der Waals surface area (Å²) in [6, 6.07) is 9.74. The van der Waals surface area contributed by atoms with Crippen LogP contribution in [0.4, 0.5) is 0 Å². The van der Waals surface area contributed by atoms with Crippen molar-refractivity contribution in [3.05, 3.63) is 41.4 Å². The number of aromatic nitrogens is 1. The summed E-state index contributed by atoms with van der Waals surface area (Å²) in [5.74, 6) is 0.687. The number of thiazole rings is 1. The summed E-state index contributed by atoms with van der Waals surface area (Å²) in [7, 11) is 0. The Bertz CT molecular complexity index is 663. The lowest BCUT2D eigenvalue weighted by Gasteiger charge is -1.87. The molecule has 17 heavy (non-hydrogen) atoms. The van der Waals surface area contributed by atoms with Gasteiger partial charge in [-0.25, -0.2) is 4.98 Å². The fourth-order valence-electron chi connectivity index (χ4n) is 1.64. The zero-order chi connectivity index (χ0) is 11.8. The van der Waals surface area contributed by atoms with E-state index in [4.69, 9.17) is 4.42 Å². The maximum atomic E-state index is 11.2. The second-order valence-corrected chi connectivity index (χ2v) is 4.60. The van der Waals surface area contributed by atoms with E-state index in [1.807, 2.05) is 30.3 Å². The summed E-state index contributed by atoms with van der Waals surface area (Å²) in [6.07, 6.45) is 0. The van der Waals surface area contributed by atoms with Crippen molar-refractivity contribution in [2.24, 2.45) is 0 Å². The van der Waals surface area contributed by atoms with E-state index in [0.29, 0.717) is 11.5 Å². The highest BCUT2D eigenvalue weighted by Gasteiger charge is 2.11. The van der Waals surface area contributed by atoms with Gasteiger partial charge in [-0.1, -0.05) is 18.2 Å². The van der Waals surface area contributed by atoms with Gasteiger partial charge in [-0.2, -0.15) is 0 Å². The largest absolute Gasteiger partial charge is 0.454 e. The van der Waals surface area contributed by atoms with Crippen LogP contribution in [0, 0.1) is 0 Å². The molecule has 3 nitrogen and oxygen atoms in total. The highest BCUT2D eigenvalue weighted by Crippen LogP contribution is 2.29. The van der Waals surface area contributed by atoms with Crippen LogP contribution in [0.25, 0.3) is 21.7 Å². The molecule has 0 radical (unpaired) electrons. The molecule has 0 bridgehead atoms. The second-order valence-electron chi connectivity index (χ2n) is 3.74. The number of para-hydroxylation sites is 1. The molecule has 0 amide bonds. The third kappa shape index (κ3) is 1.76. The molecule has 0 atom stereocenters. The minimum atomic E-state index is -0.0244. The standard InChI is InChI=1S/C13H9NO2S/c1-8(15)10-7-17-13(14-10)12-6-9-4-2-3-5-11(9)16-12/h2-7H,1H3. The van der Waals surface area contributed by atoms with E-state index < -0.39 is 0 Å². The zero-order valence-electron chi connectivity index (χ0n) is 9.14. The van der Waals surface area contributed by atoms with Crippen molar-refractivity contribution >= 4 is 28.1 Å². The van der Waals surface area contributed by atoms with Crippen molar-refractivity contribution in [2.75, 3.05) is 0 Å². The first kappa shape index (κ1) is 10.2. The molecule has 0 saturated heterocycles. The van der Waals surface area contributed by atoms with Gasteiger partial charge < -0.3 is 4.42 Å². The predicted molar refractivity (Wildman–Crippen MR) is 67.3 cm³/mol. The van der Waals surface area contributed by atoms with Crippen LogP contribution in [0.15, 0.2) is 40.1 Å². The van der Waals surface area contributed by atoms with Crippen LogP contribution in [-0.2, 0) is 0 Å². The van der Waals surface area contributed by atoms with Crippen LogP contribution in [0.5, 0.6) is 0 Å². The van der Waals surface area contributed by atoms with Crippen LogP contribution >= 0.6 is 11.3 Å². The van der Waals surface area contributed by atoms with Gasteiger partial charge in [0.25, 0.3) is 0 Å². The van der Waals surface area contributed by atoms with Crippen LogP contribution in [0.3, 0.4) is 0 Å². The van der Waals surface area contributed by atoms with Gasteiger partial charge in [0, 0.05) is 17.7 Å². The Morgan fingerprint density at radius 1 is 1.35 bits per heavy atom. The molecule has 0 fully saturated rings. The quantitative estimate of drug-likeness (QED) is 0.643. The highest BCUT2D eigenvalue weighted by molar-refractivity contribution is 7.13. The molecular formula is C13H9NO2S. The molecule has 0 spiro atoms. The second kappa shape index (κ2) is 3.82. The van der Waals surface area contributed by atoms with Gasteiger partial charge in [-0.05, 0) is 12.1 Å². The summed E-state index contributed by atoms with van der Waals surface area (Å²) in [5, 5.41) is 3.54. The number of furan rings is 1. The average Bonchev–Trinajstić information content (AvgIpc) is 2.95. The molecule has 3 rings (SSSR count). The molecule has 0 unspecified atom stereocenters. The number of ketones is 1. The lowest BCUT2D eigenvalue weighted by molar-refractivity contribution is 0.101. The molecule has 0 saturated carbocycles. The molecule has 84 valence electrons. The number of rotatable bonds is 2. The maximum absolute atomic E-state index is 11.2. The molecular weight excluding hydrogens is 234 g/mol. The topological polar surface area (TPSA) is 43.1 Å². The molecule has 3 aromatic rings. The zero-order valence-corrected chi connectivity index (χ0v) is 9.95. The van der Waals surface area contributed by atoms with E-state index in [9.17, 15) is 4.79 Å². The SMILES string of the molecule is CC(=O)c1csc(-c2cc3ccccc3o2)n1. The number of fused-ring (bicyclic) bond motifs is 1. The lowest BCUT2D eigenvalue weighted by Crippen LogP contribution is -1.90. The Hall–Kier alpha value is -1.94. The summed E-state index contributed by atoms with van der Waals surface area (Å²) >= 11 is 1.42. The van der Waals surface area contributed by atoms with E-state index in [-0.39, 0.29) is 5.78 Å². The summed E-state index contributed by atoms with van der Waals surface area (Å²) in [5.41, 5.74) is 1.33. The normalized spacial score (nSPS) is 10.9. The molecule has 0 aliphatic heterocycles. The van der Waals surface area contributed by atoms with Crippen molar-refractivity contribution in [2.45, 2.75) is 6.92 Å². The van der Waals surface area contributed by atoms with E-state index in [2.05, 4.69) is 4.98 Å². The van der Waals surface area contributed by atoms with Crippen molar-refractivity contribution in [3.63, 3.8) is 0 Å². The Balaban J connectivity index is 2.10. The van der Waals surface area contributed by atoms with E-state index in [0.717, 1.165) is 16.0 Å². The first-order chi connectivity index (χ1) is 8.24. The number of carbonyl (C=O) groups excluding carboxylic acids is 1. The van der Waals surface area contributed by atoms with Crippen molar-refractivity contribution < 1.29 is 9.21 Å². The number of Topliss-reactive ketones (excluding diaryl/α,β-unsaturated/α-hetero) is 1. The minimum Gasteiger partial charge on any atom is -0.454 e. The molecule has 2 aromatic heterocycles. The maximum Gasteiger partial charge on any atom is 0.178 e. The van der Waals surface area contributed by atoms with E-state index >= 15 is 0 Å². The van der Waals surface area contributed by atoms with Crippen LogP contribution in [0.1, 0.15) is 17.4 Å². The number of benzene rings is 1. The van der Waals surface area contributed by atoms with Crippen LogP contribution in [-0.4, -0.2) is 10.8 Å². The minimum absolute atomic E-state index is 0.0244. The number of nitrogens with zero attached hydrogens (tertiary/aromatic N) is 1. The van der Waals surface area contributed by atoms with Crippen molar-refractivity contribution in [1.82, 2.24) is 4.98 Å². The molecule has 4 heteroatoms. The molecule has 0 aliphatic rings. The average molecular weight is 243 g/mol. The Kier molecular flexibility index (Phi) is 2.30. The number of carbonyl (C=O) groups is 1. The fourth-order valence-corrected chi connectivity index (χ4v) is 2.45. The molecule has 0 N–H and O–H groups in total. The number of hydrogen-bond acceptors (Lipinski definition) is 4. The van der Waals surface area contributed by atoms with Gasteiger partial charge in [0.1, 0.15) is 11.3 Å². The first-order valence-corrected chi connectivity index (χ1v) is 6.07. The fraction of sp³-hybridized carbons (Fsp3) is 0.0769. The summed E-state index contributed by atoms with van der Waals surface area (Å²) in [6.45, 7) is 1.51. The van der Waals surface area contributed by atoms with E-state index in [1.165, 1.54) is 18.3 Å². The monoisotopic (exact) mass is 243 g/mol. The van der Waals surface area contributed by atoms with Gasteiger partial charge in [0.05, 0.1) is 0 Å². The van der Waals surface area contributed by atoms with Gasteiger partial charge in [0.2, 0.25) is 0 Å². The summed E-state index contributed by atoms with van der Waals surface area (Å²) < 4.78 is 5.68. The van der Waals surface area contributed by atoms with E-state index in [1.54, 1.807) is 5.38 Å². The smallest absolute Gasteiger partial charge is 0.178 e. The van der Waals surface area contributed by atoms with Crippen molar-refractivity contribution in [3.8, 4) is 10.8 Å². The summed E-state index contributed by atoms with van der Waals surface area (Å²) in [4.78, 5) is 15.4. The number of hydrogen-bond donors (Lipinski definition) is 0. The molecule has 1 aromatic carbocycles. The molecule has 0 aliphatic carbocycles. The van der Waals surface area contributed by atoms with Gasteiger partial charge in [0.15, 0.2) is 16.6 Å². The lowest BCUT2D eigenvalue weighted by atomic mass is 10.2. The predicted octanol–water partition coefficient (Wildman–Crippen LogP) is 3.76. The Labute approximate surface area is 102 Å².